The number of nitrogens with zero attached hydrogens (tertiary/aromatic N) is 3. The van der Waals surface area contributed by atoms with Gasteiger partial charge in [-0.1, -0.05) is 24.4 Å². The van der Waals surface area contributed by atoms with Crippen molar-refractivity contribution < 1.29 is 23.9 Å². The molecule has 0 amide bonds. The van der Waals surface area contributed by atoms with Crippen LogP contribution in [0.4, 0.5) is 0 Å². The summed E-state index contributed by atoms with van der Waals surface area (Å²) in [7, 11) is 0. The van der Waals surface area contributed by atoms with E-state index in [9.17, 15) is 9.90 Å². The molecule has 0 saturated heterocycles. The van der Waals surface area contributed by atoms with Gasteiger partial charge in [-0.3, -0.25) is 4.98 Å². The predicted molar refractivity (Wildman–Crippen MR) is 136 cm³/mol. The second-order valence-electron chi connectivity index (χ2n) is 9.31. The quantitative estimate of drug-likeness (QED) is 0.302. The Balaban J connectivity index is 1.78. The fraction of sp³-hybridized carbons (Fsp3) is 0.393. The fourth-order valence-corrected chi connectivity index (χ4v) is 5.02. The first kappa shape index (κ1) is 23.9. The molecule has 0 spiro atoms. The second-order valence-corrected chi connectivity index (χ2v) is 9.31. The van der Waals surface area contributed by atoms with Gasteiger partial charge in [-0.15, -0.1) is 0 Å². The van der Waals surface area contributed by atoms with E-state index in [0.29, 0.717) is 36.3 Å². The van der Waals surface area contributed by atoms with Gasteiger partial charge in [-0.2, -0.15) is 0 Å². The largest absolute Gasteiger partial charge is 0.492 e. The van der Waals surface area contributed by atoms with E-state index >= 15 is 0 Å². The number of carbonyl (C=O) groups is 1. The Labute approximate surface area is 209 Å². The molecule has 0 atom stereocenters. The standard InChI is InChI=1S/C28H31N3O5/c1-5-34-23-12-19(28(32)33)13-24(35-6-2)27(23)31-15-21(10-18-8-7-9-18)26-22(31)11-20(14-29-26)25-16(3)30-36-17(25)4/h11-15,18H,5-10H2,1-4H3,(H,32,33). The van der Waals surface area contributed by atoms with Gasteiger partial charge in [0.25, 0.3) is 0 Å². The lowest BCUT2D eigenvalue weighted by Gasteiger charge is -2.24. The molecule has 1 aromatic carbocycles. The molecule has 0 aliphatic heterocycles. The number of carboxylic acid groups (broad SMARTS) is 1. The Bertz CT molecular complexity index is 1380. The highest BCUT2D eigenvalue weighted by Gasteiger charge is 2.25. The summed E-state index contributed by atoms with van der Waals surface area (Å²) in [6, 6.07) is 5.22. The molecule has 1 N–H and O–H groups in total. The third-order valence-corrected chi connectivity index (χ3v) is 6.90. The number of aromatic nitrogens is 3. The van der Waals surface area contributed by atoms with Crippen molar-refractivity contribution in [1.82, 2.24) is 14.7 Å². The smallest absolute Gasteiger partial charge is 0.335 e. The lowest BCUT2D eigenvalue weighted by molar-refractivity contribution is 0.0695. The molecule has 4 aromatic rings. The second kappa shape index (κ2) is 9.68. The molecule has 5 rings (SSSR count). The van der Waals surface area contributed by atoms with E-state index in [4.69, 9.17) is 19.0 Å². The van der Waals surface area contributed by atoms with Crippen molar-refractivity contribution in [2.45, 2.75) is 53.4 Å². The summed E-state index contributed by atoms with van der Waals surface area (Å²) in [6.07, 6.45) is 8.66. The summed E-state index contributed by atoms with van der Waals surface area (Å²) in [6.45, 7) is 8.35. The third kappa shape index (κ3) is 4.21. The first-order valence-corrected chi connectivity index (χ1v) is 12.5. The lowest BCUT2D eigenvalue weighted by Crippen LogP contribution is -2.13. The lowest BCUT2D eigenvalue weighted by atomic mass is 9.81. The molecule has 3 heterocycles. The molecule has 1 fully saturated rings. The maximum Gasteiger partial charge on any atom is 0.335 e. The summed E-state index contributed by atoms with van der Waals surface area (Å²) in [5, 5.41) is 13.8. The maximum absolute atomic E-state index is 11.8. The summed E-state index contributed by atoms with van der Waals surface area (Å²) in [4.78, 5) is 16.7. The van der Waals surface area contributed by atoms with Crippen LogP contribution in [-0.4, -0.2) is 39.0 Å². The van der Waals surface area contributed by atoms with Crippen LogP contribution in [0.2, 0.25) is 0 Å². The number of hydrogen-bond donors (Lipinski definition) is 1. The number of benzene rings is 1. The van der Waals surface area contributed by atoms with Crippen LogP contribution < -0.4 is 9.47 Å². The van der Waals surface area contributed by atoms with E-state index in [1.807, 2.05) is 38.5 Å². The number of rotatable bonds is 9. The van der Waals surface area contributed by atoms with Gasteiger partial charge >= 0.3 is 5.97 Å². The highest BCUT2D eigenvalue weighted by molar-refractivity contribution is 5.91. The number of fused-ring (bicyclic) bond motifs is 1. The monoisotopic (exact) mass is 489 g/mol. The molecule has 0 radical (unpaired) electrons. The van der Waals surface area contributed by atoms with Gasteiger partial charge in [0.05, 0.1) is 35.5 Å². The minimum Gasteiger partial charge on any atom is -0.492 e. The summed E-state index contributed by atoms with van der Waals surface area (Å²) < 4.78 is 19.4. The number of hydrogen-bond acceptors (Lipinski definition) is 6. The highest BCUT2D eigenvalue weighted by atomic mass is 16.5. The molecule has 8 heteroatoms. The van der Waals surface area contributed by atoms with E-state index in [2.05, 4.69) is 17.4 Å². The van der Waals surface area contributed by atoms with Crippen LogP contribution in [0.3, 0.4) is 0 Å². The Morgan fingerprint density at radius 3 is 2.36 bits per heavy atom. The first-order valence-electron chi connectivity index (χ1n) is 12.5. The van der Waals surface area contributed by atoms with Gasteiger partial charge < -0.3 is 23.7 Å². The molecule has 1 aliphatic carbocycles. The molecule has 36 heavy (non-hydrogen) atoms. The summed E-state index contributed by atoms with van der Waals surface area (Å²) in [5.74, 6) is 1.26. The van der Waals surface area contributed by atoms with Gasteiger partial charge in [0.2, 0.25) is 0 Å². The van der Waals surface area contributed by atoms with E-state index in [-0.39, 0.29) is 5.56 Å². The van der Waals surface area contributed by atoms with Crippen LogP contribution in [-0.2, 0) is 6.42 Å². The SMILES string of the molecule is CCOc1cc(C(=O)O)cc(OCC)c1-n1cc(CC2CCC2)c2ncc(-c3c(C)noc3C)cc21. The van der Waals surface area contributed by atoms with Crippen LogP contribution in [0.1, 0.15) is 60.5 Å². The zero-order valence-electron chi connectivity index (χ0n) is 21.1. The molecule has 188 valence electrons. The number of carboxylic acids is 1. The number of aromatic carboxylic acids is 1. The number of aryl methyl sites for hydroxylation is 2. The topological polar surface area (TPSA) is 99.6 Å². The van der Waals surface area contributed by atoms with Gasteiger partial charge in [-0.25, -0.2) is 4.79 Å². The van der Waals surface area contributed by atoms with E-state index in [0.717, 1.165) is 45.6 Å². The van der Waals surface area contributed by atoms with Crippen molar-refractivity contribution >= 4 is 17.0 Å². The molecular weight excluding hydrogens is 458 g/mol. The molecule has 1 aliphatic rings. The van der Waals surface area contributed by atoms with Crippen LogP contribution >= 0.6 is 0 Å². The van der Waals surface area contributed by atoms with Gasteiger partial charge in [0.1, 0.15) is 22.9 Å². The molecule has 0 bridgehead atoms. The highest BCUT2D eigenvalue weighted by Crippen LogP contribution is 2.40. The predicted octanol–water partition coefficient (Wildman–Crippen LogP) is 6.14. The zero-order chi connectivity index (χ0) is 25.4. The van der Waals surface area contributed by atoms with Gasteiger partial charge in [-0.05, 0) is 63.8 Å². The van der Waals surface area contributed by atoms with Crippen LogP contribution in [0.5, 0.6) is 11.5 Å². The van der Waals surface area contributed by atoms with Crippen molar-refractivity contribution in [2.75, 3.05) is 13.2 Å². The minimum atomic E-state index is -1.03. The average Bonchev–Trinajstić information content (AvgIpc) is 3.35. The van der Waals surface area contributed by atoms with Gasteiger partial charge in [0.15, 0.2) is 0 Å². The molecule has 0 unspecified atom stereocenters. The van der Waals surface area contributed by atoms with Crippen LogP contribution in [0.15, 0.2) is 35.1 Å². The molecule has 3 aromatic heterocycles. The minimum absolute atomic E-state index is 0.117. The van der Waals surface area contributed by atoms with Crippen molar-refractivity contribution in [1.29, 1.82) is 0 Å². The first-order chi connectivity index (χ1) is 17.4. The van der Waals surface area contributed by atoms with E-state index < -0.39 is 5.97 Å². The summed E-state index contributed by atoms with van der Waals surface area (Å²) >= 11 is 0. The number of pyridine rings is 1. The zero-order valence-corrected chi connectivity index (χ0v) is 21.1. The van der Waals surface area contributed by atoms with Crippen molar-refractivity contribution in [3.8, 4) is 28.3 Å². The van der Waals surface area contributed by atoms with Crippen molar-refractivity contribution in [3.63, 3.8) is 0 Å². The average molecular weight is 490 g/mol. The number of ether oxygens (including phenoxy) is 2. The van der Waals surface area contributed by atoms with Crippen LogP contribution in [0, 0.1) is 19.8 Å². The Morgan fingerprint density at radius 2 is 1.83 bits per heavy atom. The third-order valence-electron chi connectivity index (χ3n) is 6.90. The Hall–Kier alpha value is -3.81. The van der Waals surface area contributed by atoms with E-state index in [1.54, 1.807) is 12.1 Å². The van der Waals surface area contributed by atoms with Crippen molar-refractivity contribution in [2.24, 2.45) is 5.92 Å². The van der Waals surface area contributed by atoms with Crippen molar-refractivity contribution in [3.05, 3.63) is 53.2 Å². The Morgan fingerprint density at radius 1 is 1.14 bits per heavy atom. The molecule has 1 saturated carbocycles. The molecule has 8 nitrogen and oxygen atoms in total. The van der Waals surface area contributed by atoms with Crippen LogP contribution in [0.25, 0.3) is 27.8 Å². The van der Waals surface area contributed by atoms with Gasteiger partial charge in [0, 0.05) is 23.5 Å². The summed E-state index contributed by atoms with van der Waals surface area (Å²) in [5.41, 5.74) is 6.40. The fourth-order valence-electron chi connectivity index (χ4n) is 5.02. The maximum atomic E-state index is 11.8. The van der Waals surface area contributed by atoms with E-state index in [1.165, 1.54) is 19.3 Å². The molecular formula is C28H31N3O5. The normalized spacial score (nSPS) is 13.7. The Kier molecular flexibility index (Phi) is 6.43.